The van der Waals surface area contributed by atoms with E-state index in [1.165, 1.54) is 12.1 Å². The summed E-state index contributed by atoms with van der Waals surface area (Å²) in [5.74, 6) is 0.232. The molecule has 5 heteroatoms. The molecule has 0 aliphatic rings. The number of benzene rings is 1. The van der Waals surface area contributed by atoms with Crippen molar-refractivity contribution in [2.45, 2.75) is 26.9 Å². The first-order valence-electron chi connectivity index (χ1n) is 5.49. The second-order valence-corrected chi connectivity index (χ2v) is 7.78. The third-order valence-corrected chi connectivity index (χ3v) is 5.18. The molecule has 100 valence electrons. The Hall–Kier alpha value is -0.931. The van der Waals surface area contributed by atoms with Gasteiger partial charge in [-0.25, -0.2) is 0 Å². The zero-order chi connectivity index (χ0) is 13.9. The van der Waals surface area contributed by atoms with Gasteiger partial charge in [0.25, 0.3) is 0 Å². The molecule has 0 aliphatic carbocycles. The minimum absolute atomic E-state index is 0.232. The summed E-state index contributed by atoms with van der Waals surface area (Å²) in [5, 5.41) is 0. The van der Waals surface area contributed by atoms with Crippen LogP contribution >= 0.6 is 0 Å². The molecule has 0 N–H and O–H groups in total. The molecule has 1 rings (SSSR count). The van der Waals surface area contributed by atoms with Crippen LogP contribution in [0.4, 0.5) is 13.2 Å². The Kier molecular flexibility index (Phi) is 4.88. The van der Waals surface area contributed by atoms with Crippen LogP contribution in [-0.4, -0.2) is 13.8 Å². The summed E-state index contributed by atoms with van der Waals surface area (Å²) >= 11 is -2.55. The van der Waals surface area contributed by atoms with Crippen LogP contribution in [0, 0.1) is 5.92 Å². The number of rotatable bonds is 3. The summed E-state index contributed by atoms with van der Waals surface area (Å²) in [6.45, 7) is 5.58. The molecule has 0 saturated carbocycles. The second kappa shape index (κ2) is 5.81. The molecule has 0 bridgehead atoms. The third-order valence-electron chi connectivity index (χ3n) is 2.24. The summed E-state index contributed by atoms with van der Waals surface area (Å²) in [4.78, 5) is 0. The van der Waals surface area contributed by atoms with E-state index in [-0.39, 0.29) is 10.4 Å². The Morgan fingerprint density at radius 2 is 1.94 bits per heavy atom. The van der Waals surface area contributed by atoms with Crippen LogP contribution in [0.15, 0.2) is 34.8 Å². The normalized spacial score (nSPS) is 14.9. The summed E-state index contributed by atoms with van der Waals surface area (Å²) in [7, 11) is 0. The summed E-state index contributed by atoms with van der Waals surface area (Å²) < 4.78 is 50.7. The molecule has 0 aromatic heterocycles. The van der Waals surface area contributed by atoms with E-state index >= 15 is 0 Å². The maximum atomic E-state index is 12.5. The van der Waals surface area contributed by atoms with Gasteiger partial charge in [-0.1, -0.05) is 0 Å². The molecule has 1 nitrogen and oxygen atoms in total. The predicted octanol–water partition coefficient (Wildman–Crippen LogP) is 3.48. The SMILES string of the molecule is C/C(=C\C(C)C)[Se](=O)c1cccc(C(F)(F)F)c1. The summed E-state index contributed by atoms with van der Waals surface area (Å²) in [6, 6.07) is 4.76. The van der Waals surface area contributed by atoms with Gasteiger partial charge in [-0.2, -0.15) is 0 Å². The van der Waals surface area contributed by atoms with Gasteiger partial charge in [0.15, 0.2) is 0 Å². The first-order valence-corrected chi connectivity index (χ1v) is 7.90. The van der Waals surface area contributed by atoms with Crippen LogP contribution < -0.4 is 4.46 Å². The van der Waals surface area contributed by atoms with Crippen molar-refractivity contribution in [3.63, 3.8) is 0 Å². The van der Waals surface area contributed by atoms with E-state index < -0.39 is 25.6 Å². The number of halogens is 3. The number of hydrogen-bond donors (Lipinski definition) is 0. The summed E-state index contributed by atoms with van der Waals surface area (Å²) in [6.07, 6.45) is -2.56. The van der Waals surface area contributed by atoms with E-state index in [0.29, 0.717) is 4.47 Å². The van der Waals surface area contributed by atoms with Crippen LogP contribution in [0.5, 0.6) is 0 Å². The van der Waals surface area contributed by atoms with Crippen LogP contribution in [0.3, 0.4) is 0 Å². The molecule has 0 amide bonds. The number of hydrogen-bond acceptors (Lipinski definition) is 1. The zero-order valence-corrected chi connectivity index (χ0v) is 12.1. The standard InChI is InChI=1S/C13H15F3OSe/c1-9(2)7-10(3)18(17)12-6-4-5-11(8-12)13(14,15)16/h4-9H,1-3H3/b10-7+. The minimum atomic E-state index is -4.39. The van der Waals surface area contributed by atoms with Gasteiger partial charge in [-0.05, 0) is 0 Å². The molecule has 0 saturated heterocycles. The van der Waals surface area contributed by atoms with E-state index in [9.17, 15) is 17.0 Å². The molecule has 0 aliphatic heterocycles. The Morgan fingerprint density at radius 3 is 2.44 bits per heavy atom. The molecular weight excluding hydrogens is 308 g/mol. The molecule has 0 fully saturated rings. The first-order chi connectivity index (χ1) is 8.21. The van der Waals surface area contributed by atoms with E-state index in [0.717, 1.165) is 12.1 Å². The Morgan fingerprint density at radius 1 is 1.33 bits per heavy atom. The molecule has 1 unspecified atom stereocenters. The van der Waals surface area contributed by atoms with Gasteiger partial charge in [0, 0.05) is 0 Å². The van der Waals surface area contributed by atoms with Crippen LogP contribution in [0.25, 0.3) is 0 Å². The van der Waals surface area contributed by atoms with Gasteiger partial charge in [0.05, 0.1) is 0 Å². The van der Waals surface area contributed by atoms with Crippen LogP contribution in [0.1, 0.15) is 26.3 Å². The van der Waals surface area contributed by atoms with Crippen molar-refractivity contribution < 1.29 is 17.0 Å². The van der Waals surface area contributed by atoms with E-state index in [4.69, 9.17) is 0 Å². The maximum absolute atomic E-state index is 12.5. The van der Waals surface area contributed by atoms with Gasteiger partial charge >= 0.3 is 109 Å². The molecule has 1 aromatic carbocycles. The summed E-state index contributed by atoms with van der Waals surface area (Å²) in [5.41, 5.74) is -0.748. The second-order valence-electron chi connectivity index (χ2n) is 4.32. The number of allylic oxidation sites excluding steroid dienone is 2. The average Bonchev–Trinajstić information content (AvgIpc) is 2.26. The van der Waals surface area contributed by atoms with Crippen LogP contribution in [0.2, 0.25) is 0 Å². The monoisotopic (exact) mass is 324 g/mol. The van der Waals surface area contributed by atoms with Crippen molar-refractivity contribution >= 4 is 18.3 Å². The van der Waals surface area contributed by atoms with Gasteiger partial charge in [-0.15, -0.1) is 0 Å². The van der Waals surface area contributed by atoms with Crippen molar-refractivity contribution in [3.8, 4) is 0 Å². The molecule has 18 heavy (non-hydrogen) atoms. The van der Waals surface area contributed by atoms with E-state index in [1.54, 1.807) is 6.92 Å². The fourth-order valence-corrected chi connectivity index (χ4v) is 4.03. The van der Waals surface area contributed by atoms with Gasteiger partial charge in [0.2, 0.25) is 0 Å². The molecule has 0 radical (unpaired) electrons. The molecule has 0 heterocycles. The Bertz CT molecular complexity index is 475. The topological polar surface area (TPSA) is 17.1 Å². The average molecular weight is 323 g/mol. The van der Waals surface area contributed by atoms with Crippen LogP contribution in [-0.2, 0) is 10.0 Å². The molecule has 0 spiro atoms. The van der Waals surface area contributed by atoms with Crippen molar-refractivity contribution in [1.82, 2.24) is 0 Å². The quantitative estimate of drug-likeness (QED) is 0.779. The van der Waals surface area contributed by atoms with Crippen molar-refractivity contribution in [1.29, 1.82) is 0 Å². The number of alkyl halides is 3. The van der Waals surface area contributed by atoms with E-state index in [1.807, 2.05) is 19.9 Å². The fourth-order valence-electron chi connectivity index (χ4n) is 1.50. The van der Waals surface area contributed by atoms with Gasteiger partial charge in [0.1, 0.15) is 0 Å². The Labute approximate surface area is 109 Å². The van der Waals surface area contributed by atoms with E-state index in [2.05, 4.69) is 0 Å². The predicted molar refractivity (Wildman–Crippen MR) is 66.1 cm³/mol. The van der Waals surface area contributed by atoms with Crippen molar-refractivity contribution in [2.24, 2.45) is 5.92 Å². The first kappa shape index (κ1) is 15.1. The third kappa shape index (κ3) is 4.07. The Balaban J connectivity index is 3.08. The van der Waals surface area contributed by atoms with Gasteiger partial charge in [-0.3, -0.25) is 0 Å². The molecule has 1 atom stereocenters. The fraction of sp³-hybridized carbons (Fsp3) is 0.385. The molecule has 1 aromatic rings. The molecular formula is C13H15F3OSe. The van der Waals surface area contributed by atoms with Crippen molar-refractivity contribution in [3.05, 3.63) is 40.4 Å². The zero-order valence-electron chi connectivity index (χ0n) is 10.4. The van der Waals surface area contributed by atoms with Crippen molar-refractivity contribution in [2.75, 3.05) is 0 Å². The van der Waals surface area contributed by atoms with Gasteiger partial charge < -0.3 is 0 Å².